The molecule has 0 spiro atoms. The predicted octanol–water partition coefficient (Wildman–Crippen LogP) is -0.887. The molecule has 14 N–H and O–H groups in total. The van der Waals surface area contributed by atoms with Crippen molar-refractivity contribution in [2.24, 2.45) is 40.1 Å². The highest BCUT2D eigenvalue weighted by molar-refractivity contribution is 5.19. The van der Waals surface area contributed by atoms with Crippen molar-refractivity contribution in [3.05, 3.63) is 6.42 Å². The van der Waals surface area contributed by atoms with Crippen LogP contribution in [0.3, 0.4) is 0 Å². The average Bonchev–Trinajstić information content (AvgIpc) is 3.25. The molecule has 7 nitrogen and oxygen atoms in total. The Morgan fingerprint density at radius 3 is 1.13 bits per heavy atom. The van der Waals surface area contributed by atoms with E-state index in [2.05, 4.69) is 0 Å². The summed E-state index contributed by atoms with van der Waals surface area (Å²) in [5, 5.41) is 0. The Balaban J connectivity index is 0. The van der Waals surface area contributed by atoms with E-state index in [1.165, 1.54) is 6.42 Å². The van der Waals surface area contributed by atoms with Gasteiger partial charge in [0.15, 0.2) is 0 Å². The van der Waals surface area contributed by atoms with Gasteiger partial charge in [0.2, 0.25) is 0 Å². The first-order valence-electron chi connectivity index (χ1n) is 8.59. The van der Waals surface area contributed by atoms with Gasteiger partial charge in [-0.05, 0) is 58.9 Å². The Hall–Kier alpha value is -0.280. The maximum atomic E-state index is 6.02. The topological polar surface area (TPSA) is 182 Å². The molecule has 2 aliphatic carbocycles. The van der Waals surface area contributed by atoms with Gasteiger partial charge in [-0.25, -0.2) is 0 Å². The van der Waals surface area contributed by atoms with Crippen molar-refractivity contribution in [3.63, 3.8) is 0 Å². The van der Waals surface area contributed by atoms with Crippen molar-refractivity contribution in [3.8, 4) is 0 Å². The average molecular weight is 333 g/mol. The molecule has 0 aromatic rings. The van der Waals surface area contributed by atoms with Gasteiger partial charge in [0.25, 0.3) is 0 Å². The molecule has 0 aromatic heterocycles. The van der Waals surface area contributed by atoms with Crippen LogP contribution in [0, 0.1) is 6.42 Å². The number of hydrogen-bond donors (Lipinski definition) is 7. The molecule has 0 saturated heterocycles. The molecule has 2 unspecified atom stereocenters. The zero-order valence-electron chi connectivity index (χ0n) is 15.4. The first-order valence-corrected chi connectivity index (χ1v) is 8.59. The van der Waals surface area contributed by atoms with E-state index in [-0.39, 0.29) is 23.2 Å². The molecule has 0 bridgehead atoms. The lowest BCUT2D eigenvalue weighted by Crippen LogP contribution is -2.61. The molecule has 2 rings (SSSR count). The van der Waals surface area contributed by atoms with E-state index in [4.69, 9.17) is 40.1 Å². The van der Waals surface area contributed by atoms with Crippen LogP contribution in [0.15, 0.2) is 0 Å². The zero-order chi connectivity index (χ0) is 18.5. The molecule has 0 aliphatic heterocycles. The third-order valence-electron chi connectivity index (χ3n) is 4.01. The molecular formula is C16H42N7. The minimum atomic E-state index is 0.0486. The zero-order valence-corrected chi connectivity index (χ0v) is 15.4. The molecule has 2 saturated carbocycles. The van der Waals surface area contributed by atoms with Gasteiger partial charge in [-0.2, -0.15) is 0 Å². The Morgan fingerprint density at radius 1 is 0.826 bits per heavy atom. The van der Waals surface area contributed by atoms with E-state index in [1.807, 2.05) is 27.2 Å². The minimum absolute atomic E-state index is 0.0486. The summed E-state index contributed by atoms with van der Waals surface area (Å²) >= 11 is 0. The summed E-state index contributed by atoms with van der Waals surface area (Å²) in [5.41, 5.74) is 37.5. The molecule has 2 fully saturated rings. The first-order chi connectivity index (χ1) is 10.6. The maximum Gasteiger partial charge on any atom is 0.0338 e. The Morgan fingerprint density at radius 2 is 1.09 bits per heavy atom. The van der Waals surface area contributed by atoms with E-state index in [0.29, 0.717) is 19.6 Å². The van der Waals surface area contributed by atoms with Crippen LogP contribution in [0.2, 0.25) is 0 Å². The summed E-state index contributed by atoms with van der Waals surface area (Å²) in [4.78, 5) is 0. The molecule has 141 valence electrons. The van der Waals surface area contributed by atoms with Crippen molar-refractivity contribution >= 4 is 0 Å². The third-order valence-corrected chi connectivity index (χ3v) is 4.01. The molecule has 2 atom stereocenters. The van der Waals surface area contributed by atoms with Crippen molar-refractivity contribution in [1.29, 1.82) is 0 Å². The Labute approximate surface area is 143 Å². The van der Waals surface area contributed by atoms with Gasteiger partial charge in [0.05, 0.1) is 0 Å². The van der Waals surface area contributed by atoms with E-state index in [1.54, 1.807) is 0 Å². The van der Waals surface area contributed by atoms with Crippen LogP contribution in [0.25, 0.3) is 0 Å². The number of rotatable bonds is 4. The highest BCUT2D eigenvalue weighted by atomic mass is 15.0. The van der Waals surface area contributed by atoms with Crippen molar-refractivity contribution in [2.75, 3.05) is 19.6 Å². The van der Waals surface area contributed by atoms with E-state index >= 15 is 0 Å². The fourth-order valence-corrected chi connectivity index (χ4v) is 1.69. The molecule has 0 aromatic carbocycles. The van der Waals surface area contributed by atoms with Crippen LogP contribution in [0.5, 0.6) is 0 Å². The first kappa shape index (κ1) is 25.0. The molecule has 2 aliphatic rings. The highest BCUT2D eigenvalue weighted by Crippen LogP contribution is 2.50. The summed E-state index contributed by atoms with van der Waals surface area (Å²) in [5.74, 6) is 0. The van der Waals surface area contributed by atoms with Crippen LogP contribution in [0.4, 0.5) is 0 Å². The van der Waals surface area contributed by atoms with Gasteiger partial charge < -0.3 is 40.1 Å². The minimum Gasteiger partial charge on any atom is -0.330 e. The molecule has 23 heavy (non-hydrogen) atoms. The molecule has 0 heterocycles. The highest BCUT2D eigenvalue weighted by Gasteiger charge is 2.56. The van der Waals surface area contributed by atoms with Crippen molar-refractivity contribution < 1.29 is 0 Å². The van der Waals surface area contributed by atoms with E-state index in [0.717, 1.165) is 25.7 Å². The smallest absolute Gasteiger partial charge is 0.0338 e. The van der Waals surface area contributed by atoms with Crippen LogP contribution < -0.4 is 40.1 Å². The van der Waals surface area contributed by atoms with Gasteiger partial charge in [-0.1, -0.05) is 6.92 Å². The quantitative estimate of drug-likeness (QED) is 0.348. The second-order valence-corrected chi connectivity index (χ2v) is 6.74. The monoisotopic (exact) mass is 332 g/mol. The van der Waals surface area contributed by atoms with Gasteiger partial charge in [-0.3, -0.25) is 0 Å². The largest absolute Gasteiger partial charge is 0.330 e. The molecule has 0 amide bonds. The standard InChI is InChI=1S/C7H14N2.2C3H10N2.C3H8N/c8-6(2-1-3-6)7(9)4-5-7;2*1-3(5)2-4;1-2-3-4/h1-5,8-9H2;2*3H,2,4-5H2,1H3;2H,3-4H2,1H3. The van der Waals surface area contributed by atoms with E-state index in [9.17, 15) is 0 Å². The fourth-order valence-electron chi connectivity index (χ4n) is 1.69. The van der Waals surface area contributed by atoms with Crippen LogP contribution >= 0.6 is 0 Å². The van der Waals surface area contributed by atoms with Crippen LogP contribution in [-0.2, 0) is 0 Å². The van der Waals surface area contributed by atoms with Crippen LogP contribution in [0.1, 0.15) is 52.9 Å². The number of nitrogens with two attached hydrogens (primary N) is 7. The van der Waals surface area contributed by atoms with E-state index < -0.39 is 0 Å². The number of hydrogen-bond acceptors (Lipinski definition) is 7. The Bertz CT molecular complexity index is 251. The summed E-state index contributed by atoms with van der Waals surface area (Å²) < 4.78 is 0. The summed E-state index contributed by atoms with van der Waals surface area (Å²) in [6.07, 6.45) is 7.81. The lowest BCUT2D eigenvalue weighted by atomic mass is 9.71. The summed E-state index contributed by atoms with van der Waals surface area (Å²) in [6.45, 7) is 7.54. The molecule has 7 heteroatoms. The normalized spacial score (nSPS) is 21.7. The SMILES string of the molecule is CC(N)CN.CC(N)CN.C[CH]CN.NC1(C2(N)CC2)CCC1. The second kappa shape index (κ2) is 13.1. The summed E-state index contributed by atoms with van der Waals surface area (Å²) in [6, 6.07) is 0.324. The predicted molar refractivity (Wildman–Crippen MR) is 101 cm³/mol. The van der Waals surface area contributed by atoms with Crippen molar-refractivity contribution in [1.82, 2.24) is 0 Å². The van der Waals surface area contributed by atoms with Gasteiger partial charge in [0, 0.05) is 36.3 Å². The fraction of sp³-hybridized carbons (Fsp3) is 0.938. The van der Waals surface area contributed by atoms with Gasteiger partial charge in [0.1, 0.15) is 0 Å². The van der Waals surface area contributed by atoms with Gasteiger partial charge in [-0.15, -0.1) is 0 Å². The molecular weight excluding hydrogens is 290 g/mol. The lowest BCUT2D eigenvalue weighted by Gasteiger charge is -2.43. The van der Waals surface area contributed by atoms with Crippen LogP contribution in [-0.4, -0.2) is 42.8 Å². The maximum absolute atomic E-state index is 6.02. The third kappa shape index (κ3) is 11.8. The molecule has 1 radical (unpaired) electrons. The summed E-state index contributed by atoms with van der Waals surface area (Å²) in [7, 11) is 0. The van der Waals surface area contributed by atoms with Crippen molar-refractivity contribution in [2.45, 2.75) is 76.0 Å². The van der Waals surface area contributed by atoms with Gasteiger partial charge >= 0.3 is 0 Å². The Kier molecular flexibility index (Phi) is 14.2. The lowest BCUT2D eigenvalue weighted by molar-refractivity contribution is 0.188. The second-order valence-electron chi connectivity index (χ2n) is 6.74.